The average Bonchev–Trinajstić information content (AvgIpc) is 2.36. The summed E-state index contributed by atoms with van der Waals surface area (Å²) in [6.07, 6.45) is 0. The van der Waals surface area contributed by atoms with Gasteiger partial charge in [0.25, 0.3) is 0 Å². The third-order valence-electron chi connectivity index (χ3n) is 1.50. The van der Waals surface area contributed by atoms with Crippen LogP contribution in [-0.2, 0) is 4.79 Å². The summed E-state index contributed by atoms with van der Waals surface area (Å²) in [5.74, 6) is 0.136. The highest BCUT2D eigenvalue weighted by molar-refractivity contribution is 7.07. The number of aromatic nitrogens is 1. The van der Waals surface area contributed by atoms with E-state index in [9.17, 15) is 4.79 Å². The predicted octanol–water partition coefficient (Wildman–Crippen LogP) is 1.84. The fourth-order valence-corrected chi connectivity index (χ4v) is 1.29. The Balaban J connectivity index is 2.77. The normalized spacial score (nSPS) is 13.0. The van der Waals surface area contributed by atoms with Gasteiger partial charge in [-0.15, -0.1) is 11.3 Å². The van der Waals surface area contributed by atoms with Crippen LogP contribution < -0.4 is 0 Å². The molecule has 0 aliphatic rings. The Kier molecular flexibility index (Phi) is 2.17. The molecule has 0 radical (unpaired) electrons. The summed E-state index contributed by atoms with van der Waals surface area (Å²) in [6, 6.07) is 0. The Bertz CT molecular complexity index is 218. The van der Waals surface area contributed by atoms with Crippen LogP contribution in [0.25, 0.3) is 0 Å². The number of hydrogen-bond acceptors (Lipinski definition) is 3. The first-order valence-electron chi connectivity index (χ1n) is 3.10. The Morgan fingerprint density at radius 2 is 2.50 bits per heavy atom. The second-order valence-electron chi connectivity index (χ2n) is 2.25. The lowest BCUT2D eigenvalue weighted by Crippen LogP contribution is -2.03. The molecular weight excluding hydrogens is 146 g/mol. The highest BCUT2D eigenvalue weighted by atomic mass is 32.1. The lowest BCUT2D eigenvalue weighted by molar-refractivity contribution is -0.118. The summed E-state index contributed by atoms with van der Waals surface area (Å²) in [6.45, 7) is 3.46. The van der Waals surface area contributed by atoms with Gasteiger partial charge in [0.05, 0.1) is 17.1 Å². The number of hydrogen-bond donors (Lipinski definition) is 0. The van der Waals surface area contributed by atoms with Crippen LogP contribution >= 0.6 is 11.3 Å². The molecule has 0 aliphatic heterocycles. The first-order chi connectivity index (χ1) is 4.72. The maximum Gasteiger partial charge on any atom is 0.138 e. The van der Waals surface area contributed by atoms with Crippen molar-refractivity contribution in [1.82, 2.24) is 4.98 Å². The van der Waals surface area contributed by atoms with Crippen LogP contribution in [0.4, 0.5) is 0 Å². The zero-order valence-electron chi connectivity index (χ0n) is 6.00. The predicted molar refractivity (Wildman–Crippen MR) is 41.2 cm³/mol. The molecule has 0 bridgehead atoms. The van der Waals surface area contributed by atoms with Gasteiger partial charge in [0, 0.05) is 5.38 Å². The largest absolute Gasteiger partial charge is 0.299 e. The van der Waals surface area contributed by atoms with Gasteiger partial charge in [-0.25, -0.2) is 4.98 Å². The monoisotopic (exact) mass is 155 g/mol. The number of Topliss-reactive ketones (excluding diaryl/α,β-unsaturated/α-hetero) is 1. The molecule has 1 unspecified atom stereocenters. The van der Waals surface area contributed by atoms with E-state index in [0.717, 1.165) is 5.69 Å². The quantitative estimate of drug-likeness (QED) is 0.652. The van der Waals surface area contributed by atoms with Crippen LogP contribution in [0.3, 0.4) is 0 Å². The van der Waals surface area contributed by atoms with E-state index in [-0.39, 0.29) is 11.7 Å². The maximum absolute atomic E-state index is 10.8. The summed E-state index contributed by atoms with van der Waals surface area (Å²) in [4.78, 5) is 14.8. The van der Waals surface area contributed by atoms with Gasteiger partial charge in [-0.05, 0) is 13.8 Å². The van der Waals surface area contributed by atoms with Crippen molar-refractivity contribution in [3.8, 4) is 0 Å². The van der Waals surface area contributed by atoms with Gasteiger partial charge >= 0.3 is 0 Å². The lowest BCUT2D eigenvalue weighted by Gasteiger charge is -2.00. The van der Waals surface area contributed by atoms with Crippen LogP contribution in [0.2, 0.25) is 0 Å². The molecule has 0 aromatic carbocycles. The highest BCUT2D eigenvalue weighted by Gasteiger charge is 2.11. The summed E-state index contributed by atoms with van der Waals surface area (Å²) < 4.78 is 0. The van der Waals surface area contributed by atoms with Gasteiger partial charge in [-0.2, -0.15) is 0 Å². The minimum atomic E-state index is -0.0359. The minimum Gasteiger partial charge on any atom is -0.299 e. The Morgan fingerprint density at radius 1 is 1.80 bits per heavy atom. The molecule has 10 heavy (non-hydrogen) atoms. The molecule has 0 saturated heterocycles. The van der Waals surface area contributed by atoms with E-state index in [4.69, 9.17) is 0 Å². The highest BCUT2D eigenvalue weighted by Crippen LogP contribution is 2.14. The molecule has 1 aromatic heterocycles. The molecule has 1 heterocycles. The number of carbonyl (C=O) groups excluding carboxylic acids is 1. The van der Waals surface area contributed by atoms with Crippen molar-refractivity contribution in [3.05, 3.63) is 16.6 Å². The molecule has 0 fully saturated rings. The zero-order valence-corrected chi connectivity index (χ0v) is 6.81. The van der Waals surface area contributed by atoms with Crippen LogP contribution in [-0.4, -0.2) is 10.8 Å². The van der Waals surface area contributed by atoms with E-state index >= 15 is 0 Å². The second kappa shape index (κ2) is 2.92. The summed E-state index contributed by atoms with van der Waals surface area (Å²) >= 11 is 1.52. The maximum atomic E-state index is 10.8. The van der Waals surface area contributed by atoms with E-state index in [0.29, 0.717) is 0 Å². The van der Waals surface area contributed by atoms with Crippen molar-refractivity contribution in [2.45, 2.75) is 19.8 Å². The first kappa shape index (κ1) is 7.41. The molecule has 54 valence electrons. The lowest BCUT2D eigenvalue weighted by atomic mass is 10.1. The van der Waals surface area contributed by atoms with Crippen molar-refractivity contribution in [2.75, 3.05) is 0 Å². The van der Waals surface area contributed by atoms with Crippen molar-refractivity contribution in [1.29, 1.82) is 0 Å². The van der Waals surface area contributed by atoms with Gasteiger partial charge in [-0.1, -0.05) is 0 Å². The SMILES string of the molecule is CC(=O)C(C)c1cscn1. The smallest absolute Gasteiger partial charge is 0.138 e. The van der Waals surface area contributed by atoms with E-state index in [1.165, 1.54) is 11.3 Å². The molecule has 3 heteroatoms. The molecular formula is C7H9NOS. The van der Waals surface area contributed by atoms with E-state index < -0.39 is 0 Å². The third kappa shape index (κ3) is 1.42. The number of nitrogens with zero attached hydrogens (tertiary/aromatic N) is 1. The van der Waals surface area contributed by atoms with Crippen molar-refractivity contribution in [3.63, 3.8) is 0 Å². The number of thiazole rings is 1. The van der Waals surface area contributed by atoms with Crippen LogP contribution in [0, 0.1) is 0 Å². The van der Waals surface area contributed by atoms with Gasteiger partial charge in [-0.3, -0.25) is 4.79 Å². The molecule has 1 rings (SSSR count). The molecule has 0 spiro atoms. The van der Waals surface area contributed by atoms with Gasteiger partial charge < -0.3 is 0 Å². The third-order valence-corrected chi connectivity index (χ3v) is 2.11. The van der Waals surface area contributed by atoms with Crippen molar-refractivity contribution >= 4 is 17.1 Å². The van der Waals surface area contributed by atoms with Gasteiger partial charge in [0.2, 0.25) is 0 Å². The van der Waals surface area contributed by atoms with Crippen LogP contribution in [0.15, 0.2) is 10.9 Å². The van der Waals surface area contributed by atoms with E-state index in [1.807, 2.05) is 12.3 Å². The van der Waals surface area contributed by atoms with E-state index in [2.05, 4.69) is 4.98 Å². The van der Waals surface area contributed by atoms with Crippen molar-refractivity contribution in [2.24, 2.45) is 0 Å². The fourth-order valence-electron chi connectivity index (χ4n) is 0.644. The van der Waals surface area contributed by atoms with Gasteiger partial charge in [0.1, 0.15) is 5.78 Å². The van der Waals surface area contributed by atoms with Gasteiger partial charge in [0.15, 0.2) is 0 Å². The topological polar surface area (TPSA) is 30.0 Å². The molecule has 1 aromatic rings. The number of carbonyl (C=O) groups is 1. The van der Waals surface area contributed by atoms with E-state index in [1.54, 1.807) is 12.4 Å². The second-order valence-corrected chi connectivity index (χ2v) is 2.96. The van der Waals surface area contributed by atoms with Crippen molar-refractivity contribution < 1.29 is 4.79 Å². The Labute approximate surface area is 63.9 Å². The Morgan fingerprint density at radius 3 is 2.90 bits per heavy atom. The standard InChI is InChI=1S/C7H9NOS/c1-5(6(2)9)7-3-10-4-8-7/h3-5H,1-2H3. The molecule has 0 aliphatic carbocycles. The summed E-state index contributed by atoms with van der Waals surface area (Å²) in [5, 5.41) is 1.91. The zero-order chi connectivity index (χ0) is 7.56. The average molecular weight is 155 g/mol. The number of rotatable bonds is 2. The molecule has 2 nitrogen and oxygen atoms in total. The molecule has 0 saturated carbocycles. The first-order valence-corrected chi connectivity index (χ1v) is 4.04. The molecule has 0 N–H and O–H groups in total. The van der Waals surface area contributed by atoms with Crippen LogP contribution in [0.5, 0.6) is 0 Å². The minimum absolute atomic E-state index is 0.0359. The summed E-state index contributed by atoms with van der Waals surface area (Å²) in [7, 11) is 0. The van der Waals surface area contributed by atoms with Crippen LogP contribution in [0.1, 0.15) is 25.5 Å². The molecule has 0 amide bonds. The Hall–Kier alpha value is -0.700. The number of ketones is 1. The fraction of sp³-hybridized carbons (Fsp3) is 0.429. The molecule has 1 atom stereocenters. The summed E-state index contributed by atoms with van der Waals surface area (Å²) in [5.41, 5.74) is 2.63.